The number of rotatable bonds is 6. The van der Waals surface area contributed by atoms with Crippen molar-refractivity contribution in [3.63, 3.8) is 0 Å². The van der Waals surface area contributed by atoms with Gasteiger partial charge in [0.2, 0.25) is 17.7 Å². The highest BCUT2D eigenvalue weighted by Crippen LogP contribution is 2.31. The molecule has 1 aliphatic carbocycles. The summed E-state index contributed by atoms with van der Waals surface area (Å²) in [7, 11) is 1.65. The minimum Gasteiger partial charge on any atom is -0.473 e. The van der Waals surface area contributed by atoms with E-state index in [9.17, 15) is 14.0 Å². The number of methoxy groups -OCH3 is 1. The number of aromatic nitrogens is 4. The first kappa shape index (κ1) is 20.4. The number of hydrogen-bond donors (Lipinski definition) is 1. The average Bonchev–Trinajstić information content (AvgIpc) is 2.69. The lowest BCUT2D eigenvalue weighted by atomic mass is 9.92. The lowest BCUT2D eigenvalue weighted by Crippen LogP contribution is -2.39. The van der Waals surface area contributed by atoms with Crippen molar-refractivity contribution in [2.75, 3.05) is 12.4 Å². The van der Waals surface area contributed by atoms with Crippen LogP contribution in [0.4, 0.5) is 10.3 Å². The second kappa shape index (κ2) is 8.44. The van der Waals surface area contributed by atoms with Gasteiger partial charge < -0.3 is 9.47 Å². The molecule has 0 saturated heterocycles. The molecule has 1 aliphatic rings. The van der Waals surface area contributed by atoms with Gasteiger partial charge in [-0.3, -0.25) is 14.9 Å². The van der Waals surface area contributed by atoms with Gasteiger partial charge in [0.1, 0.15) is 12.6 Å². The molecule has 30 heavy (non-hydrogen) atoms. The van der Waals surface area contributed by atoms with Crippen LogP contribution in [0.3, 0.4) is 0 Å². The minimum absolute atomic E-state index is 0.0734. The van der Waals surface area contributed by atoms with E-state index >= 15 is 0 Å². The molecule has 0 spiro atoms. The third-order valence-electron chi connectivity index (χ3n) is 4.72. The van der Waals surface area contributed by atoms with Crippen molar-refractivity contribution in [1.29, 1.82) is 0 Å². The molecule has 1 amide bonds. The third kappa shape index (κ3) is 4.31. The van der Waals surface area contributed by atoms with Crippen molar-refractivity contribution in [3.05, 3.63) is 51.2 Å². The second-order valence-electron chi connectivity index (χ2n) is 6.80. The summed E-state index contributed by atoms with van der Waals surface area (Å²) in [6.07, 6.45) is 3.35. The van der Waals surface area contributed by atoms with Gasteiger partial charge in [0.05, 0.1) is 29.3 Å². The Morgan fingerprint density at radius 3 is 2.70 bits per heavy atom. The minimum atomic E-state index is -0.625. The van der Waals surface area contributed by atoms with Crippen LogP contribution in [0.5, 0.6) is 5.88 Å². The van der Waals surface area contributed by atoms with E-state index < -0.39 is 17.3 Å². The number of carbonyl (C=O) groups is 1. The lowest BCUT2D eigenvalue weighted by Gasteiger charge is -2.33. The molecule has 0 atom stereocenters. The molecule has 1 fully saturated rings. The van der Waals surface area contributed by atoms with Gasteiger partial charge in [-0.15, -0.1) is 5.10 Å². The molecular weight excluding hydrogens is 461 g/mol. The first-order valence-corrected chi connectivity index (χ1v) is 9.89. The van der Waals surface area contributed by atoms with Gasteiger partial charge in [0, 0.05) is 24.4 Å². The summed E-state index contributed by atoms with van der Waals surface area (Å²) in [6, 6.07) is 5.13. The van der Waals surface area contributed by atoms with Crippen LogP contribution in [0.1, 0.15) is 12.8 Å². The zero-order valence-corrected chi connectivity index (χ0v) is 17.4. The van der Waals surface area contributed by atoms with Crippen LogP contribution < -0.4 is 15.6 Å². The zero-order valence-electron chi connectivity index (χ0n) is 15.8. The predicted molar refractivity (Wildman–Crippen MR) is 109 cm³/mol. The van der Waals surface area contributed by atoms with Crippen molar-refractivity contribution in [3.8, 4) is 5.88 Å². The molecule has 1 saturated carbocycles. The molecule has 0 radical (unpaired) electrons. The highest BCUT2D eigenvalue weighted by atomic mass is 79.9. The van der Waals surface area contributed by atoms with Crippen LogP contribution in [0.15, 0.2) is 39.9 Å². The predicted octanol–water partition coefficient (Wildman–Crippen LogP) is 2.28. The standard InChI is InChI=1S/C19H17BrFN5O4/c1-29-12-5-13(6-12)30-17-15-4-10(20)2-3-14(15)18(28)26(25-17)9-16(27)24-19-22-7-11(21)8-23-19/h2-4,7-8,12-13H,5-6,9H2,1H3,(H,22,23,24,27)/t12-,13+. The van der Waals surface area contributed by atoms with Gasteiger partial charge in [0.25, 0.3) is 5.56 Å². The number of carbonyl (C=O) groups excluding carboxylic acids is 1. The number of fused-ring (bicyclic) bond motifs is 1. The quantitative estimate of drug-likeness (QED) is 0.579. The van der Waals surface area contributed by atoms with Gasteiger partial charge in [-0.2, -0.15) is 0 Å². The molecule has 11 heteroatoms. The van der Waals surface area contributed by atoms with Crippen molar-refractivity contribution >= 4 is 38.6 Å². The topological polar surface area (TPSA) is 108 Å². The molecule has 0 aliphatic heterocycles. The molecule has 2 aromatic heterocycles. The van der Waals surface area contributed by atoms with Crippen molar-refractivity contribution in [1.82, 2.24) is 19.7 Å². The third-order valence-corrected chi connectivity index (χ3v) is 5.21. The van der Waals surface area contributed by atoms with Gasteiger partial charge in [-0.25, -0.2) is 19.0 Å². The van der Waals surface area contributed by atoms with Crippen LogP contribution in [0.2, 0.25) is 0 Å². The summed E-state index contributed by atoms with van der Waals surface area (Å²) >= 11 is 3.39. The maximum atomic E-state index is 12.9. The van der Waals surface area contributed by atoms with Gasteiger partial charge in [0.15, 0.2) is 5.82 Å². The van der Waals surface area contributed by atoms with E-state index in [4.69, 9.17) is 9.47 Å². The Morgan fingerprint density at radius 1 is 1.27 bits per heavy atom. The van der Waals surface area contributed by atoms with Crippen molar-refractivity contribution in [2.45, 2.75) is 31.6 Å². The summed E-state index contributed by atoms with van der Waals surface area (Å²) in [5.74, 6) is -1.02. The molecule has 0 unspecified atom stereocenters. The Kier molecular flexibility index (Phi) is 5.73. The molecular formula is C19H17BrFN5O4. The number of ether oxygens (including phenoxy) is 2. The fraction of sp³-hybridized carbons (Fsp3) is 0.316. The van der Waals surface area contributed by atoms with E-state index in [-0.39, 0.29) is 30.6 Å². The van der Waals surface area contributed by atoms with Crippen LogP contribution >= 0.6 is 15.9 Å². The van der Waals surface area contributed by atoms with Gasteiger partial charge in [-0.1, -0.05) is 15.9 Å². The van der Waals surface area contributed by atoms with Crippen LogP contribution in [-0.2, 0) is 16.1 Å². The van der Waals surface area contributed by atoms with Crippen LogP contribution in [0, 0.1) is 5.82 Å². The van der Waals surface area contributed by atoms with E-state index in [1.807, 2.05) is 0 Å². The molecule has 9 nitrogen and oxygen atoms in total. The van der Waals surface area contributed by atoms with Gasteiger partial charge in [-0.05, 0) is 18.2 Å². The van der Waals surface area contributed by atoms with E-state index in [0.29, 0.717) is 10.8 Å². The Labute approximate surface area is 178 Å². The normalized spacial score (nSPS) is 18.1. The van der Waals surface area contributed by atoms with E-state index in [2.05, 4.69) is 36.3 Å². The first-order valence-electron chi connectivity index (χ1n) is 9.10. The number of nitrogens with zero attached hydrogens (tertiary/aromatic N) is 4. The molecule has 0 bridgehead atoms. The Balaban J connectivity index is 1.61. The summed E-state index contributed by atoms with van der Waals surface area (Å²) in [5.41, 5.74) is -0.441. The summed E-state index contributed by atoms with van der Waals surface area (Å²) < 4.78 is 26.0. The number of anilines is 1. The maximum absolute atomic E-state index is 12.9. The van der Waals surface area contributed by atoms with E-state index in [1.165, 1.54) is 0 Å². The van der Waals surface area contributed by atoms with Crippen molar-refractivity contribution in [2.24, 2.45) is 0 Å². The Morgan fingerprint density at radius 2 is 2.00 bits per heavy atom. The number of benzene rings is 1. The van der Waals surface area contributed by atoms with Crippen LogP contribution in [0.25, 0.3) is 10.8 Å². The number of halogens is 2. The Bertz CT molecular complexity index is 1150. The lowest BCUT2D eigenvalue weighted by molar-refractivity contribution is -0.117. The second-order valence-corrected chi connectivity index (χ2v) is 7.72. The van der Waals surface area contributed by atoms with E-state index in [0.717, 1.165) is 34.4 Å². The largest absolute Gasteiger partial charge is 0.473 e. The maximum Gasteiger partial charge on any atom is 0.275 e. The monoisotopic (exact) mass is 477 g/mol. The molecule has 4 rings (SSSR count). The molecule has 2 heterocycles. The number of amides is 1. The summed E-state index contributed by atoms with van der Waals surface area (Å²) in [6.45, 7) is -0.382. The number of nitrogens with one attached hydrogen (secondary N) is 1. The molecule has 1 aromatic carbocycles. The molecule has 1 N–H and O–H groups in total. The first-order chi connectivity index (χ1) is 14.4. The zero-order chi connectivity index (χ0) is 21.3. The fourth-order valence-corrected chi connectivity index (χ4v) is 3.42. The van der Waals surface area contributed by atoms with E-state index in [1.54, 1.807) is 25.3 Å². The Hall–Kier alpha value is -2.92. The fourth-order valence-electron chi connectivity index (χ4n) is 3.06. The average molecular weight is 478 g/mol. The van der Waals surface area contributed by atoms with Gasteiger partial charge >= 0.3 is 0 Å². The highest BCUT2D eigenvalue weighted by molar-refractivity contribution is 9.10. The summed E-state index contributed by atoms with van der Waals surface area (Å²) in [5, 5.41) is 7.60. The van der Waals surface area contributed by atoms with Crippen LogP contribution in [-0.4, -0.2) is 45.0 Å². The molecule has 3 aromatic rings. The summed E-state index contributed by atoms with van der Waals surface area (Å²) in [4.78, 5) is 32.5. The SMILES string of the molecule is CO[C@H]1C[C@@H](Oc2nn(CC(=O)Nc3ncc(F)cn3)c(=O)c3ccc(Br)cc23)C1. The molecule has 156 valence electrons. The number of hydrogen-bond acceptors (Lipinski definition) is 7. The smallest absolute Gasteiger partial charge is 0.275 e. The van der Waals surface area contributed by atoms with Crippen molar-refractivity contribution < 1.29 is 18.7 Å². The highest BCUT2D eigenvalue weighted by Gasteiger charge is 2.32.